The van der Waals surface area contributed by atoms with Crippen LogP contribution >= 0.6 is 0 Å². The zero-order valence-corrected chi connectivity index (χ0v) is 14.3. The highest BCUT2D eigenvalue weighted by Gasteiger charge is 2.09. The molecule has 0 aliphatic carbocycles. The number of aliphatic hydroxyl groups excluding tert-OH is 1. The van der Waals surface area contributed by atoms with Crippen molar-refractivity contribution < 1.29 is 5.11 Å². The van der Waals surface area contributed by atoms with Crippen LogP contribution in [0.1, 0.15) is 39.5 Å². The first-order valence-corrected chi connectivity index (χ1v) is 10.9. The van der Waals surface area contributed by atoms with Gasteiger partial charge in [0.15, 0.2) is 0 Å². The fourth-order valence-corrected chi connectivity index (χ4v) is 2.17. The third-order valence-corrected chi connectivity index (χ3v) is 4.12. The molecule has 0 fully saturated rings. The lowest BCUT2D eigenvalue weighted by atomic mass is 10.0. The summed E-state index contributed by atoms with van der Waals surface area (Å²) < 4.78 is 0. The van der Waals surface area contributed by atoms with E-state index < -0.39 is 8.07 Å². The van der Waals surface area contributed by atoms with Crippen LogP contribution in [0.3, 0.4) is 0 Å². The molecule has 0 rings (SSSR count). The molecule has 0 amide bonds. The van der Waals surface area contributed by atoms with E-state index in [0.717, 1.165) is 37.3 Å². The highest BCUT2D eigenvalue weighted by molar-refractivity contribution is 6.76. The van der Waals surface area contributed by atoms with E-state index in [4.69, 9.17) is 0 Å². The van der Waals surface area contributed by atoms with Crippen LogP contribution in [0.5, 0.6) is 0 Å². The summed E-state index contributed by atoms with van der Waals surface area (Å²) in [6, 6.07) is 1.10. The van der Waals surface area contributed by atoms with Crippen molar-refractivity contribution in [1.29, 1.82) is 0 Å². The summed E-state index contributed by atoms with van der Waals surface area (Å²) in [5.41, 5.74) is 2.19. The summed E-state index contributed by atoms with van der Waals surface area (Å²) in [4.78, 5) is 0. The number of aliphatic hydroxyl groups is 1. The van der Waals surface area contributed by atoms with Crippen LogP contribution in [0.15, 0.2) is 23.8 Å². The van der Waals surface area contributed by atoms with Crippen LogP contribution in [0.2, 0.25) is 25.7 Å². The fourth-order valence-electron chi connectivity index (χ4n) is 1.52. The maximum atomic E-state index is 9.65. The Hall–Kier alpha value is -0.783. The van der Waals surface area contributed by atoms with E-state index in [2.05, 4.69) is 51.1 Å². The summed E-state index contributed by atoms with van der Waals surface area (Å²) in [5, 5.41) is 9.65. The molecule has 1 N–H and O–H groups in total. The number of hydrogen-bond acceptors (Lipinski definition) is 1. The van der Waals surface area contributed by atoms with Gasteiger partial charge in [0.05, 0.1) is 14.2 Å². The van der Waals surface area contributed by atoms with Crippen molar-refractivity contribution in [3.8, 4) is 11.8 Å². The summed E-state index contributed by atoms with van der Waals surface area (Å²) in [6.07, 6.45) is 5.57. The molecule has 0 aromatic heterocycles. The van der Waals surface area contributed by atoms with Crippen LogP contribution in [0.4, 0.5) is 0 Å². The molecular formula is C17H30OSi. The van der Waals surface area contributed by atoms with Crippen LogP contribution in [0, 0.1) is 11.8 Å². The zero-order chi connectivity index (χ0) is 14.9. The van der Waals surface area contributed by atoms with Gasteiger partial charge in [0, 0.05) is 12.5 Å². The van der Waals surface area contributed by atoms with Gasteiger partial charge in [0.2, 0.25) is 0 Å². The van der Waals surface area contributed by atoms with E-state index in [0.29, 0.717) is 0 Å². The Morgan fingerprint density at radius 2 is 1.89 bits per heavy atom. The van der Waals surface area contributed by atoms with Crippen LogP contribution in [-0.2, 0) is 0 Å². The topological polar surface area (TPSA) is 20.2 Å². The second-order valence-corrected chi connectivity index (χ2v) is 12.1. The fraction of sp³-hybridized carbons (Fsp3) is 0.647. The predicted octanol–water partition coefficient (Wildman–Crippen LogP) is 4.77. The molecule has 0 saturated heterocycles. The zero-order valence-electron chi connectivity index (χ0n) is 13.3. The van der Waals surface area contributed by atoms with Crippen LogP contribution < -0.4 is 0 Å². The van der Waals surface area contributed by atoms with Gasteiger partial charge in [-0.3, -0.25) is 0 Å². The van der Waals surface area contributed by atoms with Gasteiger partial charge >= 0.3 is 0 Å². The third-order valence-electron chi connectivity index (χ3n) is 2.89. The number of hydrogen-bond donors (Lipinski definition) is 1. The molecule has 1 unspecified atom stereocenters. The van der Waals surface area contributed by atoms with Gasteiger partial charge in [-0.25, -0.2) is 0 Å². The Morgan fingerprint density at radius 3 is 2.42 bits per heavy atom. The van der Waals surface area contributed by atoms with Crippen molar-refractivity contribution in [3.63, 3.8) is 0 Å². The SMILES string of the molecule is C=C(C)C(O)CC/C(C)=C/CCC#CC[Si](C)(C)C. The van der Waals surface area contributed by atoms with Crippen LogP contribution in [-0.4, -0.2) is 19.3 Å². The van der Waals surface area contributed by atoms with Crippen molar-refractivity contribution in [2.45, 2.75) is 71.3 Å². The van der Waals surface area contributed by atoms with Crippen molar-refractivity contribution in [3.05, 3.63) is 23.8 Å². The maximum absolute atomic E-state index is 9.65. The smallest absolute Gasteiger partial charge is 0.0747 e. The first-order valence-electron chi connectivity index (χ1n) is 7.17. The number of unbranched alkanes of at least 4 members (excludes halogenated alkanes) is 1. The Labute approximate surface area is 120 Å². The molecule has 19 heavy (non-hydrogen) atoms. The third kappa shape index (κ3) is 12.0. The number of allylic oxidation sites excluding steroid dienone is 2. The highest BCUT2D eigenvalue weighted by Crippen LogP contribution is 2.12. The largest absolute Gasteiger partial charge is 0.389 e. The quantitative estimate of drug-likeness (QED) is 0.308. The van der Waals surface area contributed by atoms with Gasteiger partial charge in [0.1, 0.15) is 0 Å². The average Bonchev–Trinajstić information content (AvgIpc) is 2.28. The minimum atomic E-state index is -1.00. The van der Waals surface area contributed by atoms with Crippen molar-refractivity contribution in [2.24, 2.45) is 0 Å². The molecule has 1 nitrogen and oxygen atoms in total. The Bertz CT molecular complexity index is 363. The molecule has 0 heterocycles. The van der Waals surface area contributed by atoms with Gasteiger partial charge < -0.3 is 5.11 Å². The monoisotopic (exact) mass is 278 g/mol. The van der Waals surface area contributed by atoms with Gasteiger partial charge in [0.25, 0.3) is 0 Å². The van der Waals surface area contributed by atoms with E-state index in [9.17, 15) is 5.11 Å². The van der Waals surface area contributed by atoms with Crippen molar-refractivity contribution >= 4 is 8.07 Å². The van der Waals surface area contributed by atoms with E-state index in [-0.39, 0.29) is 6.10 Å². The lowest BCUT2D eigenvalue weighted by molar-refractivity contribution is 0.201. The standard InChI is InChI=1S/C17H30OSi/c1-15(2)17(18)13-12-16(3)11-9-7-8-10-14-19(4,5)6/h11,17-18H,1,7,9,12-14H2,2-6H3/b16-11+. The molecule has 0 aliphatic rings. The minimum Gasteiger partial charge on any atom is -0.389 e. The number of rotatable bonds is 7. The van der Waals surface area contributed by atoms with Gasteiger partial charge in [-0.05, 0) is 33.1 Å². The molecule has 0 aromatic rings. The lowest BCUT2D eigenvalue weighted by Gasteiger charge is -2.09. The first-order chi connectivity index (χ1) is 8.72. The Kier molecular flexibility index (Phi) is 8.80. The van der Waals surface area contributed by atoms with Gasteiger partial charge in [-0.2, -0.15) is 0 Å². The molecule has 0 spiro atoms. The second kappa shape index (κ2) is 9.17. The van der Waals surface area contributed by atoms with Crippen molar-refractivity contribution in [1.82, 2.24) is 0 Å². The molecule has 0 aromatic carbocycles. The second-order valence-electron chi connectivity index (χ2n) is 6.58. The highest BCUT2D eigenvalue weighted by atomic mass is 28.3. The lowest BCUT2D eigenvalue weighted by Crippen LogP contribution is -2.17. The minimum absolute atomic E-state index is 0.361. The van der Waals surface area contributed by atoms with E-state index in [1.807, 2.05) is 6.92 Å². The molecule has 1 atom stereocenters. The molecule has 2 heteroatoms. The summed E-state index contributed by atoms with van der Waals surface area (Å²) in [7, 11) is -1.00. The van der Waals surface area contributed by atoms with Crippen molar-refractivity contribution in [2.75, 3.05) is 0 Å². The summed E-state index contributed by atoms with van der Waals surface area (Å²) >= 11 is 0. The van der Waals surface area contributed by atoms with Crippen LogP contribution in [0.25, 0.3) is 0 Å². The molecule has 0 aliphatic heterocycles. The first kappa shape index (κ1) is 18.2. The Balaban J connectivity index is 3.85. The normalized spacial score (nSPS) is 13.7. The predicted molar refractivity (Wildman–Crippen MR) is 89.0 cm³/mol. The van der Waals surface area contributed by atoms with Gasteiger partial charge in [-0.15, -0.1) is 11.8 Å². The van der Waals surface area contributed by atoms with E-state index in [1.165, 1.54) is 5.57 Å². The molecule has 0 saturated carbocycles. The molecule has 0 bridgehead atoms. The molecule has 0 radical (unpaired) electrons. The summed E-state index contributed by atoms with van der Waals surface area (Å²) in [5.74, 6) is 6.55. The molecular weight excluding hydrogens is 248 g/mol. The van der Waals surface area contributed by atoms with E-state index in [1.54, 1.807) is 0 Å². The molecule has 108 valence electrons. The average molecular weight is 279 g/mol. The Morgan fingerprint density at radius 1 is 1.26 bits per heavy atom. The van der Waals surface area contributed by atoms with E-state index >= 15 is 0 Å². The maximum Gasteiger partial charge on any atom is 0.0747 e. The van der Waals surface area contributed by atoms with Gasteiger partial charge in [-0.1, -0.05) is 43.4 Å². The summed E-state index contributed by atoms with van der Waals surface area (Å²) in [6.45, 7) is 14.8.